The minimum absolute atomic E-state index is 0.0986. The Morgan fingerprint density at radius 2 is 2.12 bits per heavy atom. The largest absolute Gasteiger partial charge is 0.490 e. The summed E-state index contributed by atoms with van der Waals surface area (Å²) in [5, 5.41) is 1.03. The summed E-state index contributed by atoms with van der Waals surface area (Å²) in [6, 6.07) is 6.97. The molecule has 5 nitrogen and oxygen atoms in total. The summed E-state index contributed by atoms with van der Waals surface area (Å²) in [5.74, 6) is 0.796. The zero-order valence-electron chi connectivity index (χ0n) is 13.1. The molecule has 1 atom stereocenters. The summed E-state index contributed by atoms with van der Waals surface area (Å²) >= 11 is 12.0. The Balaban J connectivity index is 1.70. The predicted molar refractivity (Wildman–Crippen MR) is 92.0 cm³/mol. The van der Waals surface area contributed by atoms with Crippen molar-refractivity contribution in [3.63, 3.8) is 0 Å². The zero-order chi connectivity index (χ0) is 17.1. The third-order valence-electron chi connectivity index (χ3n) is 3.92. The summed E-state index contributed by atoms with van der Waals surface area (Å²) in [6.45, 7) is 2.55. The van der Waals surface area contributed by atoms with Crippen molar-refractivity contribution in [1.82, 2.24) is 4.90 Å². The quantitative estimate of drug-likeness (QED) is 0.824. The number of morpholine rings is 1. The van der Waals surface area contributed by atoms with Crippen LogP contribution >= 0.6 is 23.2 Å². The highest BCUT2D eigenvalue weighted by atomic mass is 35.5. The molecule has 24 heavy (non-hydrogen) atoms. The first kappa shape index (κ1) is 17.3. The number of hydrogen-bond acceptors (Lipinski definition) is 5. The highest BCUT2D eigenvalue weighted by molar-refractivity contribution is 6.42. The molecule has 1 aromatic heterocycles. The third-order valence-corrected chi connectivity index (χ3v) is 4.66. The topological polar surface area (TPSA) is 51.9 Å². The van der Waals surface area contributed by atoms with E-state index in [1.165, 1.54) is 19.4 Å². The van der Waals surface area contributed by atoms with Crippen LogP contribution in [0.2, 0.25) is 10.0 Å². The minimum Gasteiger partial charge on any atom is -0.490 e. The first-order valence-corrected chi connectivity index (χ1v) is 8.27. The van der Waals surface area contributed by atoms with Gasteiger partial charge in [0.15, 0.2) is 0 Å². The first-order valence-electron chi connectivity index (χ1n) is 7.51. The average Bonchev–Trinajstić information content (AvgIpc) is 2.58. The van der Waals surface area contributed by atoms with Crippen molar-refractivity contribution in [2.75, 3.05) is 26.8 Å². The van der Waals surface area contributed by atoms with Crippen LogP contribution in [0.3, 0.4) is 0 Å². The van der Waals surface area contributed by atoms with E-state index in [4.69, 9.17) is 37.1 Å². The van der Waals surface area contributed by atoms with Crippen molar-refractivity contribution in [3.8, 4) is 5.75 Å². The fraction of sp³-hybridized carbons (Fsp3) is 0.353. The number of methoxy groups -OCH3 is 1. The second kappa shape index (κ2) is 7.57. The van der Waals surface area contributed by atoms with Crippen LogP contribution in [0.25, 0.3) is 0 Å². The number of rotatable bonds is 4. The van der Waals surface area contributed by atoms with Gasteiger partial charge in [0.25, 0.3) is 0 Å². The second-order valence-electron chi connectivity index (χ2n) is 5.55. The molecule has 0 amide bonds. The minimum atomic E-state index is -0.187. The van der Waals surface area contributed by atoms with Gasteiger partial charge >= 0.3 is 0 Å². The lowest BCUT2D eigenvalue weighted by molar-refractivity contribution is -0.0348. The van der Waals surface area contributed by atoms with Gasteiger partial charge in [0.2, 0.25) is 11.2 Å². The Kier molecular flexibility index (Phi) is 5.46. The summed E-state index contributed by atoms with van der Waals surface area (Å²) in [7, 11) is 1.44. The van der Waals surface area contributed by atoms with Crippen LogP contribution in [0, 0.1) is 0 Å². The number of nitrogens with zero attached hydrogens (tertiary/aromatic N) is 1. The summed E-state index contributed by atoms with van der Waals surface area (Å²) in [4.78, 5) is 14.0. The van der Waals surface area contributed by atoms with Gasteiger partial charge in [0, 0.05) is 19.2 Å². The number of benzene rings is 1. The molecule has 0 bridgehead atoms. The van der Waals surface area contributed by atoms with Crippen LogP contribution in [-0.4, -0.2) is 31.7 Å². The van der Waals surface area contributed by atoms with Crippen LogP contribution < -0.4 is 10.2 Å². The summed E-state index contributed by atoms with van der Waals surface area (Å²) < 4.78 is 16.2. The maximum absolute atomic E-state index is 11.8. The van der Waals surface area contributed by atoms with Crippen LogP contribution in [0.1, 0.15) is 17.4 Å². The molecular formula is C17H17Cl2NO4. The van der Waals surface area contributed by atoms with Gasteiger partial charge in [-0.25, -0.2) is 0 Å². The fourth-order valence-corrected chi connectivity index (χ4v) is 2.96. The molecule has 0 aliphatic carbocycles. The third kappa shape index (κ3) is 3.92. The Morgan fingerprint density at radius 1 is 1.29 bits per heavy atom. The van der Waals surface area contributed by atoms with E-state index in [9.17, 15) is 4.79 Å². The van der Waals surface area contributed by atoms with Crippen molar-refractivity contribution in [2.24, 2.45) is 0 Å². The molecule has 3 rings (SSSR count). The van der Waals surface area contributed by atoms with Gasteiger partial charge in [-0.15, -0.1) is 0 Å². The molecule has 1 unspecified atom stereocenters. The molecule has 1 aliphatic rings. The first-order chi connectivity index (χ1) is 11.6. The maximum atomic E-state index is 11.8. The molecule has 1 saturated heterocycles. The molecule has 7 heteroatoms. The Morgan fingerprint density at radius 3 is 2.83 bits per heavy atom. The molecule has 0 spiro atoms. The van der Waals surface area contributed by atoms with Gasteiger partial charge < -0.3 is 13.9 Å². The SMILES string of the molecule is COc1coc(CN2CCOC(c3ccc(Cl)c(Cl)c3)C2)cc1=O. The summed E-state index contributed by atoms with van der Waals surface area (Å²) in [5.41, 5.74) is 0.790. The van der Waals surface area contributed by atoms with E-state index >= 15 is 0 Å². The van der Waals surface area contributed by atoms with E-state index in [0.717, 1.165) is 12.1 Å². The Hall–Kier alpha value is -1.53. The van der Waals surface area contributed by atoms with Crippen LogP contribution in [0.5, 0.6) is 5.75 Å². The van der Waals surface area contributed by atoms with E-state index in [2.05, 4.69) is 4.90 Å². The molecule has 1 aromatic carbocycles. The molecular weight excluding hydrogens is 353 g/mol. The maximum Gasteiger partial charge on any atom is 0.227 e. The van der Waals surface area contributed by atoms with E-state index in [-0.39, 0.29) is 17.3 Å². The normalized spacial score (nSPS) is 18.5. The van der Waals surface area contributed by atoms with Gasteiger partial charge in [-0.3, -0.25) is 9.69 Å². The molecule has 2 heterocycles. The molecule has 0 radical (unpaired) electrons. The standard InChI is InChI=1S/C17H17Cl2NO4/c1-22-17-10-24-12(7-15(17)21)8-20-4-5-23-16(9-20)11-2-3-13(18)14(19)6-11/h2-3,6-7,10,16H,4-5,8-9H2,1H3. The molecule has 0 N–H and O–H groups in total. The Bertz CT molecular complexity index is 777. The van der Waals surface area contributed by atoms with Crippen molar-refractivity contribution >= 4 is 23.2 Å². The van der Waals surface area contributed by atoms with Gasteiger partial charge in [0.05, 0.1) is 36.4 Å². The number of ether oxygens (including phenoxy) is 2. The average molecular weight is 370 g/mol. The number of halogens is 2. The molecule has 0 saturated carbocycles. The molecule has 1 aliphatic heterocycles. The van der Waals surface area contributed by atoms with Crippen molar-refractivity contribution in [2.45, 2.75) is 12.6 Å². The van der Waals surface area contributed by atoms with Crippen LogP contribution in [0.15, 0.2) is 39.7 Å². The van der Waals surface area contributed by atoms with Crippen LogP contribution in [0.4, 0.5) is 0 Å². The highest BCUT2D eigenvalue weighted by Gasteiger charge is 2.23. The lowest BCUT2D eigenvalue weighted by atomic mass is 10.1. The smallest absolute Gasteiger partial charge is 0.227 e. The number of hydrogen-bond donors (Lipinski definition) is 0. The molecule has 128 valence electrons. The monoisotopic (exact) mass is 369 g/mol. The van der Waals surface area contributed by atoms with Gasteiger partial charge in [-0.2, -0.15) is 0 Å². The van der Waals surface area contributed by atoms with Crippen molar-refractivity contribution in [3.05, 3.63) is 62.1 Å². The zero-order valence-corrected chi connectivity index (χ0v) is 14.6. The molecule has 1 fully saturated rings. The van der Waals surface area contributed by atoms with E-state index in [1.807, 2.05) is 12.1 Å². The van der Waals surface area contributed by atoms with Crippen molar-refractivity contribution < 1.29 is 13.9 Å². The van der Waals surface area contributed by atoms with E-state index in [0.29, 0.717) is 35.5 Å². The van der Waals surface area contributed by atoms with Gasteiger partial charge in [0.1, 0.15) is 12.0 Å². The molecule has 2 aromatic rings. The lowest BCUT2D eigenvalue weighted by Crippen LogP contribution is -2.37. The van der Waals surface area contributed by atoms with E-state index in [1.54, 1.807) is 6.07 Å². The summed E-state index contributed by atoms with van der Waals surface area (Å²) in [6.07, 6.45) is 1.24. The predicted octanol–water partition coefficient (Wildman–Crippen LogP) is 3.53. The highest BCUT2D eigenvalue weighted by Crippen LogP contribution is 2.29. The van der Waals surface area contributed by atoms with Crippen molar-refractivity contribution in [1.29, 1.82) is 0 Å². The van der Waals surface area contributed by atoms with Gasteiger partial charge in [-0.1, -0.05) is 29.3 Å². The lowest BCUT2D eigenvalue weighted by Gasteiger charge is -2.32. The Labute approximate surface area is 149 Å². The van der Waals surface area contributed by atoms with E-state index < -0.39 is 0 Å². The second-order valence-corrected chi connectivity index (χ2v) is 6.36. The van der Waals surface area contributed by atoms with Gasteiger partial charge in [-0.05, 0) is 17.7 Å². The fourth-order valence-electron chi connectivity index (χ4n) is 2.65. The van der Waals surface area contributed by atoms with Crippen LogP contribution in [-0.2, 0) is 11.3 Å².